The molecular weight excluding hydrogens is 242 g/mol. The van der Waals surface area contributed by atoms with Gasteiger partial charge in [-0.1, -0.05) is 12.1 Å². The van der Waals surface area contributed by atoms with E-state index in [-0.39, 0.29) is 6.03 Å². The van der Waals surface area contributed by atoms with Crippen LogP contribution in [0.15, 0.2) is 24.3 Å². The average molecular weight is 263 g/mol. The number of nitrogens with zero attached hydrogens (tertiary/aromatic N) is 1. The van der Waals surface area contributed by atoms with E-state index in [2.05, 4.69) is 22.8 Å². The zero-order valence-corrected chi connectivity index (χ0v) is 11.3. The highest BCUT2D eigenvalue weighted by molar-refractivity contribution is 5.76. The second-order valence-electron chi connectivity index (χ2n) is 4.57. The van der Waals surface area contributed by atoms with Crippen LogP contribution in [0.25, 0.3) is 0 Å². The van der Waals surface area contributed by atoms with E-state index >= 15 is 0 Å². The highest BCUT2D eigenvalue weighted by Crippen LogP contribution is 2.12. The molecule has 0 saturated carbocycles. The molecule has 0 aromatic heterocycles. The van der Waals surface area contributed by atoms with Crippen molar-refractivity contribution in [2.24, 2.45) is 0 Å². The van der Waals surface area contributed by atoms with E-state index in [1.165, 1.54) is 5.56 Å². The minimum absolute atomic E-state index is 0.0506. The fourth-order valence-electron chi connectivity index (χ4n) is 2.12. The van der Waals surface area contributed by atoms with E-state index in [9.17, 15) is 4.79 Å². The fraction of sp³-hybridized carbons (Fsp3) is 0.500. The standard InChI is InChI=1S/C14H21N3O2/c1-19-13-4-2-3-12(11-13)5-6-15-7-9-17-10-8-16-14(17)18/h2-4,11,15H,5-10H2,1H3,(H,16,18). The molecule has 2 rings (SSSR count). The van der Waals surface area contributed by atoms with Crippen molar-refractivity contribution in [3.8, 4) is 5.75 Å². The van der Waals surface area contributed by atoms with E-state index in [0.717, 1.165) is 44.9 Å². The van der Waals surface area contributed by atoms with Crippen molar-refractivity contribution < 1.29 is 9.53 Å². The molecule has 1 saturated heterocycles. The Labute approximate surface area is 113 Å². The van der Waals surface area contributed by atoms with E-state index in [0.29, 0.717) is 0 Å². The Morgan fingerprint density at radius 1 is 1.42 bits per heavy atom. The minimum Gasteiger partial charge on any atom is -0.497 e. The van der Waals surface area contributed by atoms with Crippen LogP contribution in [0.1, 0.15) is 5.56 Å². The van der Waals surface area contributed by atoms with Crippen molar-refractivity contribution in [1.82, 2.24) is 15.5 Å². The molecule has 0 spiro atoms. The van der Waals surface area contributed by atoms with Crippen LogP contribution >= 0.6 is 0 Å². The van der Waals surface area contributed by atoms with Gasteiger partial charge in [-0.25, -0.2) is 4.79 Å². The zero-order valence-electron chi connectivity index (χ0n) is 11.3. The van der Waals surface area contributed by atoms with Gasteiger partial charge in [-0.15, -0.1) is 0 Å². The molecular formula is C14H21N3O2. The third-order valence-corrected chi connectivity index (χ3v) is 3.23. The molecule has 19 heavy (non-hydrogen) atoms. The van der Waals surface area contributed by atoms with E-state index in [1.807, 2.05) is 17.0 Å². The summed E-state index contributed by atoms with van der Waals surface area (Å²) in [7, 11) is 1.68. The lowest BCUT2D eigenvalue weighted by Gasteiger charge is -2.14. The van der Waals surface area contributed by atoms with Crippen LogP contribution in [0.3, 0.4) is 0 Å². The molecule has 2 N–H and O–H groups in total. The largest absolute Gasteiger partial charge is 0.497 e. The van der Waals surface area contributed by atoms with E-state index in [1.54, 1.807) is 7.11 Å². The van der Waals surface area contributed by atoms with Gasteiger partial charge in [-0.3, -0.25) is 0 Å². The highest BCUT2D eigenvalue weighted by Gasteiger charge is 2.17. The van der Waals surface area contributed by atoms with Crippen LogP contribution in [0.2, 0.25) is 0 Å². The number of methoxy groups -OCH3 is 1. The molecule has 0 aliphatic carbocycles. The summed E-state index contributed by atoms with van der Waals surface area (Å²) < 4.78 is 5.19. The molecule has 5 heteroatoms. The van der Waals surface area contributed by atoms with Crippen LogP contribution in [0.5, 0.6) is 5.75 Å². The Kier molecular flexibility index (Phi) is 5.03. The number of carbonyl (C=O) groups excluding carboxylic acids is 1. The normalized spacial score (nSPS) is 14.6. The first kappa shape index (κ1) is 13.7. The maximum atomic E-state index is 11.3. The maximum absolute atomic E-state index is 11.3. The summed E-state index contributed by atoms with van der Waals surface area (Å²) in [5.74, 6) is 0.895. The molecule has 1 aliphatic heterocycles. The quantitative estimate of drug-likeness (QED) is 0.717. The monoisotopic (exact) mass is 263 g/mol. The molecule has 0 atom stereocenters. The summed E-state index contributed by atoms with van der Waals surface area (Å²) in [6.45, 7) is 4.09. The molecule has 1 heterocycles. The number of carbonyl (C=O) groups is 1. The van der Waals surface area contributed by atoms with Gasteiger partial charge in [0, 0.05) is 26.2 Å². The molecule has 5 nitrogen and oxygen atoms in total. The zero-order chi connectivity index (χ0) is 13.5. The number of amides is 2. The molecule has 0 bridgehead atoms. The lowest BCUT2D eigenvalue weighted by molar-refractivity contribution is 0.217. The molecule has 104 valence electrons. The molecule has 1 aromatic carbocycles. The number of hydrogen-bond acceptors (Lipinski definition) is 3. The number of hydrogen-bond donors (Lipinski definition) is 2. The second-order valence-corrected chi connectivity index (χ2v) is 4.57. The minimum atomic E-state index is 0.0506. The fourth-order valence-corrected chi connectivity index (χ4v) is 2.12. The number of urea groups is 1. The number of ether oxygens (including phenoxy) is 1. The summed E-state index contributed by atoms with van der Waals surface area (Å²) in [6.07, 6.45) is 0.962. The molecule has 0 unspecified atom stereocenters. The topological polar surface area (TPSA) is 53.6 Å². The first-order valence-electron chi connectivity index (χ1n) is 6.66. The Bertz CT molecular complexity index is 423. The lowest BCUT2D eigenvalue weighted by Crippen LogP contribution is -2.35. The Morgan fingerprint density at radius 3 is 3.05 bits per heavy atom. The Hall–Kier alpha value is -1.75. The maximum Gasteiger partial charge on any atom is 0.317 e. The third kappa shape index (κ3) is 4.13. The summed E-state index contributed by atoms with van der Waals surface area (Å²) >= 11 is 0. The van der Waals surface area contributed by atoms with Gasteiger partial charge >= 0.3 is 6.03 Å². The van der Waals surface area contributed by atoms with E-state index in [4.69, 9.17) is 4.74 Å². The Balaban J connectivity index is 1.62. The van der Waals surface area contributed by atoms with Gasteiger partial charge in [-0.05, 0) is 30.7 Å². The van der Waals surface area contributed by atoms with Crippen molar-refractivity contribution >= 4 is 6.03 Å². The van der Waals surface area contributed by atoms with Crippen LogP contribution in [-0.2, 0) is 6.42 Å². The van der Waals surface area contributed by atoms with Gasteiger partial charge < -0.3 is 20.3 Å². The van der Waals surface area contributed by atoms with Gasteiger partial charge in [0.25, 0.3) is 0 Å². The van der Waals surface area contributed by atoms with Crippen molar-refractivity contribution in [2.75, 3.05) is 39.8 Å². The summed E-state index contributed by atoms with van der Waals surface area (Å²) in [5, 5.41) is 6.15. The number of rotatable bonds is 7. The molecule has 0 radical (unpaired) electrons. The van der Waals surface area contributed by atoms with Gasteiger partial charge in [0.05, 0.1) is 7.11 Å². The van der Waals surface area contributed by atoms with Crippen LogP contribution in [0.4, 0.5) is 4.79 Å². The van der Waals surface area contributed by atoms with Gasteiger partial charge in [-0.2, -0.15) is 0 Å². The van der Waals surface area contributed by atoms with Gasteiger partial charge in [0.2, 0.25) is 0 Å². The number of benzene rings is 1. The molecule has 2 amide bonds. The smallest absolute Gasteiger partial charge is 0.317 e. The van der Waals surface area contributed by atoms with Gasteiger partial charge in [0.15, 0.2) is 0 Å². The van der Waals surface area contributed by atoms with Crippen molar-refractivity contribution in [3.63, 3.8) is 0 Å². The predicted octanol–water partition coefficient (Wildman–Crippen LogP) is 0.852. The van der Waals surface area contributed by atoms with Crippen molar-refractivity contribution in [3.05, 3.63) is 29.8 Å². The summed E-state index contributed by atoms with van der Waals surface area (Å²) in [6, 6.07) is 8.15. The summed E-state index contributed by atoms with van der Waals surface area (Å²) in [4.78, 5) is 13.1. The molecule has 1 aromatic rings. The van der Waals surface area contributed by atoms with Crippen LogP contribution in [0, 0.1) is 0 Å². The lowest BCUT2D eigenvalue weighted by atomic mass is 10.1. The van der Waals surface area contributed by atoms with E-state index < -0.39 is 0 Å². The predicted molar refractivity (Wildman–Crippen MR) is 74.5 cm³/mol. The first-order valence-corrected chi connectivity index (χ1v) is 6.66. The summed E-state index contributed by atoms with van der Waals surface area (Å²) in [5.41, 5.74) is 1.26. The molecule has 1 fully saturated rings. The Morgan fingerprint density at radius 2 is 2.32 bits per heavy atom. The second kappa shape index (κ2) is 6.99. The van der Waals surface area contributed by atoms with Crippen LogP contribution in [-0.4, -0.2) is 50.8 Å². The van der Waals surface area contributed by atoms with Gasteiger partial charge in [0.1, 0.15) is 5.75 Å². The number of nitrogens with one attached hydrogen (secondary N) is 2. The first-order chi connectivity index (χ1) is 9.29. The van der Waals surface area contributed by atoms with Crippen LogP contribution < -0.4 is 15.4 Å². The average Bonchev–Trinajstić information content (AvgIpc) is 2.84. The van der Waals surface area contributed by atoms with Crippen molar-refractivity contribution in [2.45, 2.75) is 6.42 Å². The third-order valence-electron chi connectivity index (χ3n) is 3.23. The van der Waals surface area contributed by atoms with Crippen molar-refractivity contribution in [1.29, 1.82) is 0 Å². The highest BCUT2D eigenvalue weighted by atomic mass is 16.5. The molecule has 1 aliphatic rings. The SMILES string of the molecule is COc1cccc(CCNCCN2CCNC2=O)c1.